The average molecular weight is 268 g/mol. The Bertz CT molecular complexity index is 484. The molecule has 0 saturated carbocycles. The maximum absolute atomic E-state index is 11.4. The monoisotopic (exact) mass is 268 g/mol. The van der Waals surface area contributed by atoms with Gasteiger partial charge in [0.15, 0.2) is 0 Å². The van der Waals surface area contributed by atoms with Gasteiger partial charge < -0.3 is 10.0 Å². The summed E-state index contributed by atoms with van der Waals surface area (Å²) in [5.41, 5.74) is 0.572. The number of carboxylic acids is 1. The highest BCUT2D eigenvalue weighted by Gasteiger charge is 2.26. The van der Waals surface area contributed by atoms with E-state index >= 15 is 0 Å². The van der Waals surface area contributed by atoms with Crippen LogP contribution in [0.5, 0.6) is 0 Å². The highest BCUT2D eigenvalue weighted by Crippen LogP contribution is 2.31. The van der Waals surface area contributed by atoms with Crippen molar-refractivity contribution in [2.75, 3.05) is 13.1 Å². The largest absolute Gasteiger partial charge is 0.477 e. The summed E-state index contributed by atoms with van der Waals surface area (Å²) < 4.78 is 0. The number of aromatic carboxylic acids is 1. The summed E-state index contributed by atoms with van der Waals surface area (Å²) in [4.78, 5) is 28.8. The maximum Gasteiger partial charge on any atom is 0.347 e. The molecule has 1 saturated heterocycles. The van der Waals surface area contributed by atoms with Crippen molar-refractivity contribution in [3.05, 3.63) is 15.6 Å². The molecule has 0 bridgehead atoms. The zero-order valence-corrected chi connectivity index (χ0v) is 11.3. The molecule has 2 rings (SSSR count). The lowest BCUT2D eigenvalue weighted by atomic mass is 9.99. The van der Waals surface area contributed by atoms with E-state index in [1.54, 1.807) is 13.8 Å². The molecule has 98 valence electrons. The summed E-state index contributed by atoms with van der Waals surface area (Å²) in [6, 6.07) is 0. The van der Waals surface area contributed by atoms with Gasteiger partial charge in [0.2, 0.25) is 5.91 Å². The number of aryl methyl sites for hydroxylation is 1. The number of carbonyl (C=O) groups is 2. The second-order valence-electron chi connectivity index (χ2n) is 4.58. The fourth-order valence-electron chi connectivity index (χ4n) is 2.26. The summed E-state index contributed by atoms with van der Waals surface area (Å²) >= 11 is 1.24. The molecule has 1 unspecified atom stereocenters. The van der Waals surface area contributed by atoms with Gasteiger partial charge in [-0.2, -0.15) is 0 Å². The summed E-state index contributed by atoms with van der Waals surface area (Å²) in [5, 5.41) is 9.87. The predicted octanol–water partition coefficient (Wildman–Crippen LogP) is 1.88. The molecule has 0 aromatic carbocycles. The first-order chi connectivity index (χ1) is 8.49. The smallest absolute Gasteiger partial charge is 0.347 e. The Kier molecular flexibility index (Phi) is 3.65. The SMILES string of the molecule is CC(=O)N1CCCC(c2nc(C)c(C(=O)O)s2)C1. The Balaban J connectivity index is 2.18. The molecule has 1 aliphatic heterocycles. The van der Waals surface area contributed by atoms with Gasteiger partial charge in [0.1, 0.15) is 4.88 Å². The molecule has 5 nitrogen and oxygen atoms in total. The van der Waals surface area contributed by atoms with Crippen LogP contribution in [0.3, 0.4) is 0 Å². The van der Waals surface area contributed by atoms with Gasteiger partial charge >= 0.3 is 5.97 Å². The maximum atomic E-state index is 11.4. The van der Waals surface area contributed by atoms with Gasteiger partial charge in [0.25, 0.3) is 0 Å². The topological polar surface area (TPSA) is 70.5 Å². The highest BCUT2D eigenvalue weighted by atomic mass is 32.1. The molecule has 1 fully saturated rings. The molecule has 1 aromatic rings. The van der Waals surface area contributed by atoms with Crippen molar-refractivity contribution in [1.29, 1.82) is 0 Å². The third-order valence-corrected chi connectivity index (χ3v) is 4.53. The van der Waals surface area contributed by atoms with Crippen LogP contribution in [-0.2, 0) is 4.79 Å². The molecule has 1 N–H and O–H groups in total. The minimum Gasteiger partial charge on any atom is -0.477 e. The van der Waals surface area contributed by atoms with Crippen LogP contribution in [0.4, 0.5) is 0 Å². The van der Waals surface area contributed by atoms with Crippen LogP contribution < -0.4 is 0 Å². The molecular weight excluding hydrogens is 252 g/mol. The van der Waals surface area contributed by atoms with E-state index in [1.165, 1.54) is 11.3 Å². The highest BCUT2D eigenvalue weighted by molar-refractivity contribution is 7.13. The number of hydrogen-bond donors (Lipinski definition) is 1. The van der Waals surface area contributed by atoms with Gasteiger partial charge in [-0.25, -0.2) is 9.78 Å². The first kappa shape index (κ1) is 13.0. The van der Waals surface area contributed by atoms with Crippen molar-refractivity contribution in [1.82, 2.24) is 9.88 Å². The number of rotatable bonds is 2. The molecule has 1 aliphatic rings. The van der Waals surface area contributed by atoms with Gasteiger partial charge in [0, 0.05) is 25.9 Å². The standard InChI is InChI=1S/C12H16N2O3S/c1-7-10(12(16)17)18-11(13-7)9-4-3-5-14(6-9)8(2)15/h9H,3-6H2,1-2H3,(H,16,17). The van der Waals surface area contributed by atoms with E-state index in [0.29, 0.717) is 17.1 Å². The number of nitrogens with zero attached hydrogens (tertiary/aromatic N) is 2. The van der Waals surface area contributed by atoms with E-state index in [4.69, 9.17) is 5.11 Å². The van der Waals surface area contributed by atoms with E-state index in [-0.39, 0.29) is 11.8 Å². The number of likely N-dealkylation sites (tertiary alicyclic amines) is 1. The van der Waals surface area contributed by atoms with Crippen molar-refractivity contribution < 1.29 is 14.7 Å². The lowest BCUT2D eigenvalue weighted by Crippen LogP contribution is -2.37. The number of piperidine rings is 1. The van der Waals surface area contributed by atoms with E-state index in [2.05, 4.69) is 4.98 Å². The van der Waals surface area contributed by atoms with E-state index in [9.17, 15) is 9.59 Å². The minimum atomic E-state index is -0.921. The molecule has 18 heavy (non-hydrogen) atoms. The quantitative estimate of drug-likeness (QED) is 0.889. The number of aromatic nitrogens is 1. The van der Waals surface area contributed by atoms with Crippen molar-refractivity contribution in [2.24, 2.45) is 0 Å². The summed E-state index contributed by atoms with van der Waals surface area (Å²) in [7, 11) is 0. The first-order valence-corrected chi connectivity index (χ1v) is 6.77. The number of carbonyl (C=O) groups excluding carboxylic acids is 1. The fourth-order valence-corrected chi connectivity index (χ4v) is 3.29. The third kappa shape index (κ3) is 2.53. The summed E-state index contributed by atoms with van der Waals surface area (Å²) in [6.07, 6.45) is 1.92. The van der Waals surface area contributed by atoms with Crippen LogP contribution in [0.15, 0.2) is 0 Å². The van der Waals surface area contributed by atoms with Crippen LogP contribution in [0.25, 0.3) is 0 Å². The van der Waals surface area contributed by atoms with Gasteiger partial charge in [-0.1, -0.05) is 0 Å². The second-order valence-corrected chi connectivity index (χ2v) is 5.61. The molecular formula is C12H16N2O3S. The zero-order chi connectivity index (χ0) is 13.3. The van der Waals surface area contributed by atoms with Gasteiger partial charge in [-0.15, -0.1) is 11.3 Å². The zero-order valence-electron chi connectivity index (χ0n) is 10.5. The Morgan fingerprint density at radius 3 is 2.78 bits per heavy atom. The van der Waals surface area contributed by atoms with E-state index in [0.717, 1.165) is 24.4 Å². The molecule has 6 heteroatoms. The number of thiazole rings is 1. The van der Waals surface area contributed by atoms with Crippen LogP contribution >= 0.6 is 11.3 Å². The fraction of sp³-hybridized carbons (Fsp3) is 0.583. The van der Waals surface area contributed by atoms with Crippen molar-refractivity contribution in [2.45, 2.75) is 32.6 Å². The molecule has 1 atom stereocenters. The molecule has 0 spiro atoms. The summed E-state index contributed by atoms with van der Waals surface area (Å²) in [6.45, 7) is 4.73. The number of carboxylic acid groups (broad SMARTS) is 1. The Hall–Kier alpha value is -1.43. The van der Waals surface area contributed by atoms with Crippen molar-refractivity contribution >= 4 is 23.2 Å². The predicted molar refractivity (Wildman–Crippen MR) is 68.0 cm³/mol. The van der Waals surface area contributed by atoms with E-state index in [1.807, 2.05) is 4.90 Å². The number of amides is 1. The van der Waals surface area contributed by atoms with Crippen LogP contribution in [0.1, 0.15) is 46.1 Å². The number of hydrogen-bond acceptors (Lipinski definition) is 4. The summed E-state index contributed by atoms with van der Waals surface area (Å²) in [5.74, 6) is -0.665. The van der Waals surface area contributed by atoms with Crippen LogP contribution in [-0.4, -0.2) is 40.0 Å². The average Bonchev–Trinajstić information content (AvgIpc) is 2.71. The van der Waals surface area contributed by atoms with Gasteiger partial charge in [-0.3, -0.25) is 4.79 Å². The van der Waals surface area contributed by atoms with Gasteiger partial charge in [-0.05, 0) is 19.8 Å². The lowest BCUT2D eigenvalue weighted by Gasteiger charge is -2.30. The van der Waals surface area contributed by atoms with Crippen LogP contribution in [0.2, 0.25) is 0 Å². The molecule has 1 amide bonds. The first-order valence-electron chi connectivity index (χ1n) is 5.95. The third-order valence-electron chi connectivity index (χ3n) is 3.22. The Morgan fingerprint density at radius 1 is 1.50 bits per heavy atom. The molecule has 0 aliphatic carbocycles. The van der Waals surface area contributed by atoms with Crippen molar-refractivity contribution in [3.63, 3.8) is 0 Å². The lowest BCUT2D eigenvalue weighted by molar-refractivity contribution is -0.130. The van der Waals surface area contributed by atoms with E-state index < -0.39 is 5.97 Å². The molecule has 2 heterocycles. The second kappa shape index (κ2) is 5.06. The Morgan fingerprint density at radius 2 is 2.22 bits per heavy atom. The van der Waals surface area contributed by atoms with Crippen LogP contribution in [0, 0.1) is 6.92 Å². The minimum absolute atomic E-state index is 0.0754. The van der Waals surface area contributed by atoms with Crippen molar-refractivity contribution in [3.8, 4) is 0 Å². The van der Waals surface area contributed by atoms with Gasteiger partial charge in [0.05, 0.1) is 10.7 Å². The Labute approximate surface area is 109 Å². The molecule has 0 radical (unpaired) electrons. The molecule has 1 aromatic heterocycles. The normalized spacial score (nSPS) is 19.9.